The van der Waals surface area contributed by atoms with E-state index in [0.717, 1.165) is 25.9 Å². The molecule has 1 aromatic heterocycles. The molecule has 0 bridgehead atoms. The van der Waals surface area contributed by atoms with Crippen molar-refractivity contribution in [1.82, 2.24) is 4.98 Å². The quantitative estimate of drug-likeness (QED) is 0.590. The zero-order valence-electron chi connectivity index (χ0n) is 14.6. The lowest BCUT2D eigenvalue weighted by Gasteiger charge is -2.13. The summed E-state index contributed by atoms with van der Waals surface area (Å²) in [4.78, 5) is 25.6. The predicted octanol–water partition coefficient (Wildman–Crippen LogP) is 2.36. The molecule has 1 fully saturated rings. The minimum absolute atomic E-state index is 0.0263. The molecule has 9 heteroatoms. The Morgan fingerprint density at radius 3 is 2.81 bits per heavy atom. The number of carbonyl (C=O) groups is 2. The molecule has 1 aliphatic heterocycles. The molecule has 1 unspecified atom stereocenters. The Morgan fingerprint density at radius 1 is 1.33 bits per heavy atom. The number of nitrogens with one attached hydrogen (secondary N) is 2. The summed E-state index contributed by atoms with van der Waals surface area (Å²) in [7, 11) is 0. The number of aromatic amines is 1. The number of carbonyl (C=O) groups excluding carboxylic acids is 2. The van der Waals surface area contributed by atoms with Crippen molar-refractivity contribution in [2.75, 3.05) is 18.5 Å². The van der Waals surface area contributed by atoms with Crippen molar-refractivity contribution in [2.45, 2.75) is 25.4 Å². The van der Waals surface area contributed by atoms with Gasteiger partial charge in [-0.2, -0.15) is 0 Å². The first-order valence-corrected chi connectivity index (χ1v) is 8.57. The van der Waals surface area contributed by atoms with Crippen LogP contribution < -0.4 is 21.5 Å². The Kier molecular flexibility index (Phi) is 5.60. The van der Waals surface area contributed by atoms with Crippen molar-refractivity contribution >= 4 is 17.8 Å². The normalized spacial score (nSPS) is 16.3. The van der Waals surface area contributed by atoms with Crippen LogP contribution in [-0.2, 0) is 4.74 Å². The second-order valence-electron chi connectivity index (χ2n) is 6.24. The zero-order chi connectivity index (χ0) is 19.4. The van der Waals surface area contributed by atoms with Crippen molar-refractivity contribution < 1.29 is 23.5 Å². The van der Waals surface area contributed by atoms with Gasteiger partial charge in [-0.25, -0.2) is 9.18 Å². The number of primary amides is 2. The molecule has 8 nitrogen and oxygen atoms in total. The summed E-state index contributed by atoms with van der Waals surface area (Å²) in [5.41, 5.74) is 11.2. The van der Waals surface area contributed by atoms with E-state index < -0.39 is 17.8 Å². The van der Waals surface area contributed by atoms with E-state index in [-0.39, 0.29) is 17.5 Å². The lowest BCUT2D eigenvalue weighted by Crippen LogP contribution is -2.22. The Hall–Kier alpha value is -3.07. The number of rotatable bonds is 7. The zero-order valence-corrected chi connectivity index (χ0v) is 14.6. The largest absolute Gasteiger partial charge is 0.493 e. The predicted molar refractivity (Wildman–Crippen MR) is 97.0 cm³/mol. The number of H-pyrrole nitrogens is 1. The molecule has 1 atom stereocenters. The fourth-order valence-corrected chi connectivity index (χ4v) is 3.03. The smallest absolute Gasteiger partial charge is 0.317 e. The van der Waals surface area contributed by atoms with E-state index >= 15 is 0 Å². The lowest BCUT2D eigenvalue weighted by molar-refractivity contribution is 0.0904. The number of aromatic nitrogens is 1. The minimum atomic E-state index is -0.863. The molecule has 1 aliphatic rings. The highest BCUT2D eigenvalue weighted by Crippen LogP contribution is 2.33. The van der Waals surface area contributed by atoms with Crippen LogP contribution in [0.3, 0.4) is 0 Å². The van der Waals surface area contributed by atoms with Gasteiger partial charge in [0.05, 0.1) is 24.0 Å². The minimum Gasteiger partial charge on any atom is -0.493 e. The van der Waals surface area contributed by atoms with Gasteiger partial charge in [0.2, 0.25) is 0 Å². The van der Waals surface area contributed by atoms with Crippen LogP contribution in [0, 0.1) is 5.82 Å². The number of benzene rings is 1. The third kappa shape index (κ3) is 4.56. The standard InChI is InChI=1S/C18H21FN4O4/c19-10-3-4-15(27-7-5-11-2-1-6-26-11)12(8-10)14-9-13(16(20)24)17(22-14)23-18(21)25/h3-4,8-9,11,22H,1-2,5-7H2,(H2,20,24)(H3,21,23,25). The van der Waals surface area contributed by atoms with Gasteiger partial charge in [-0.1, -0.05) is 0 Å². The first-order valence-electron chi connectivity index (χ1n) is 8.57. The second-order valence-corrected chi connectivity index (χ2v) is 6.24. The number of hydrogen-bond acceptors (Lipinski definition) is 4. The summed E-state index contributed by atoms with van der Waals surface area (Å²) in [6, 6.07) is 4.61. The van der Waals surface area contributed by atoms with Crippen molar-refractivity contribution in [3.05, 3.63) is 35.6 Å². The summed E-state index contributed by atoms with van der Waals surface area (Å²) >= 11 is 0. The first-order chi connectivity index (χ1) is 12.9. The Labute approximate surface area is 155 Å². The average molecular weight is 376 g/mol. The van der Waals surface area contributed by atoms with Gasteiger partial charge in [0.25, 0.3) is 5.91 Å². The van der Waals surface area contributed by atoms with E-state index in [9.17, 15) is 14.0 Å². The van der Waals surface area contributed by atoms with Crippen LogP contribution in [0.1, 0.15) is 29.6 Å². The molecule has 1 aromatic carbocycles. The van der Waals surface area contributed by atoms with Crippen LogP contribution >= 0.6 is 0 Å². The summed E-state index contributed by atoms with van der Waals surface area (Å²) in [5.74, 6) is -0.772. The maximum atomic E-state index is 13.8. The van der Waals surface area contributed by atoms with Gasteiger partial charge in [0.15, 0.2) is 0 Å². The molecular formula is C18H21FN4O4. The summed E-state index contributed by atoms with van der Waals surface area (Å²) in [6.07, 6.45) is 2.94. The van der Waals surface area contributed by atoms with Gasteiger partial charge in [-0.3, -0.25) is 10.1 Å². The van der Waals surface area contributed by atoms with Gasteiger partial charge in [-0.15, -0.1) is 0 Å². The monoisotopic (exact) mass is 376 g/mol. The molecule has 0 saturated carbocycles. The van der Waals surface area contributed by atoms with Gasteiger partial charge in [0, 0.05) is 18.6 Å². The van der Waals surface area contributed by atoms with Gasteiger partial charge < -0.3 is 25.9 Å². The third-order valence-electron chi connectivity index (χ3n) is 4.28. The van der Waals surface area contributed by atoms with E-state index in [1.54, 1.807) is 0 Å². The summed E-state index contributed by atoms with van der Waals surface area (Å²) < 4.78 is 25.2. The Bertz CT molecular complexity index is 846. The molecule has 2 heterocycles. The number of ether oxygens (including phenoxy) is 2. The Balaban J connectivity index is 1.85. The molecule has 6 N–H and O–H groups in total. The fraction of sp³-hybridized carbons (Fsp3) is 0.333. The number of amides is 3. The molecule has 0 radical (unpaired) electrons. The number of urea groups is 1. The van der Waals surface area contributed by atoms with Crippen LogP contribution in [-0.4, -0.2) is 36.2 Å². The van der Waals surface area contributed by atoms with Gasteiger partial charge in [-0.05, 0) is 37.1 Å². The molecule has 27 heavy (non-hydrogen) atoms. The second kappa shape index (κ2) is 8.09. The molecular weight excluding hydrogens is 355 g/mol. The molecule has 144 valence electrons. The number of nitrogens with two attached hydrogens (primary N) is 2. The SMILES string of the molecule is NC(=O)Nc1[nH]c(-c2cc(F)ccc2OCCC2CCCO2)cc1C(N)=O. The molecule has 1 saturated heterocycles. The van der Waals surface area contributed by atoms with Gasteiger partial charge >= 0.3 is 6.03 Å². The molecule has 3 rings (SSSR count). The summed E-state index contributed by atoms with van der Waals surface area (Å²) in [5, 5.41) is 2.29. The number of halogens is 1. The van der Waals surface area contributed by atoms with Crippen molar-refractivity contribution in [3.8, 4) is 17.0 Å². The van der Waals surface area contributed by atoms with Crippen molar-refractivity contribution in [2.24, 2.45) is 11.5 Å². The Morgan fingerprint density at radius 2 is 2.15 bits per heavy atom. The lowest BCUT2D eigenvalue weighted by atomic mass is 10.1. The summed E-state index contributed by atoms with van der Waals surface area (Å²) in [6.45, 7) is 1.17. The molecule has 3 amide bonds. The first kappa shape index (κ1) is 18.7. The molecule has 0 aliphatic carbocycles. The van der Waals surface area contributed by atoms with Crippen LogP contribution in [0.2, 0.25) is 0 Å². The highest BCUT2D eigenvalue weighted by Gasteiger charge is 2.19. The van der Waals surface area contributed by atoms with Crippen molar-refractivity contribution in [1.29, 1.82) is 0 Å². The number of hydrogen-bond donors (Lipinski definition) is 4. The number of anilines is 1. The van der Waals surface area contributed by atoms with Crippen LogP contribution in [0.5, 0.6) is 5.75 Å². The highest BCUT2D eigenvalue weighted by atomic mass is 19.1. The topological polar surface area (TPSA) is 132 Å². The van der Waals surface area contributed by atoms with E-state index in [1.165, 1.54) is 24.3 Å². The average Bonchev–Trinajstić information content (AvgIpc) is 3.25. The van der Waals surface area contributed by atoms with Crippen LogP contribution in [0.15, 0.2) is 24.3 Å². The maximum absolute atomic E-state index is 13.8. The van der Waals surface area contributed by atoms with Crippen LogP contribution in [0.25, 0.3) is 11.3 Å². The van der Waals surface area contributed by atoms with Gasteiger partial charge in [0.1, 0.15) is 17.4 Å². The van der Waals surface area contributed by atoms with E-state index in [1.807, 2.05) is 0 Å². The highest BCUT2D eigenvalue weighted by molar-refractivity contribution is 6.03. The molecule has 2 aromatic rings. The van der Waals surface area contributed by atoms with E-state index in [2.05, 4.69) is 10.3 Å². The van der Waals surface area contributed by atoms with E-state index in [4.69, 9.17) is 20.9 Å². The maximum Gasteiger partial charge on any atom is 0.317 e. The van der Waals surface area contributed by atoms with Crippen molar-refractivity contribution in [3.63, 3.8) is 0 Å². The fourth-order valence-electron chi connectivity index (χ4n) is 3.03. The third-order valence-corrected chi connectivity index (χ3v) is 4.28. The van der Waals surface area contributed by atoms with E-state index in [0.29, 0.717) is 23.6 Å². The molecule has 0 spiro atoms. The van der Waals surface area contributed by atoms with Crippen LogP contribution in [0.4, 0.5) is 15.0 Å².